The lowest BCUT2D eigenvalue weighted by Gasteiger charge is -2.17. The van der Waals surface area contributed by atoms with Crippen molar-refractivity contribution in [1.29, 1.82) is 0 Å². The topological polar surface area (TPSA) is 50.3 Å². The summed E-state index contributed by atoms with van der Waals surface area (Å²) < 4.78 is 5.35. The predicted molar refractivity (Wildman–Crippen MR) is 69.6 cm³/mol. The van der Waals surface area contributed by atoms with Crippen LogP contribution in [0.1, 0.15) is 20.3 Å². The van der Waals surface area contributed by atoms with E-state index in [1.54, 1.807) is 12.3 Å². The Morgan fingerprint density at radius 3 is 2.88 bits per heavy atom. The van der Waals surface area contributed by atoms with Crippen LogP contribution in [0.3, 0.4) is 0 Å². The first-order valence-electron chi connectivity index (χ1n) is 6.15. The van der Waals surface area contributed by atoms with E-state index in [-0.39, 0.29) is 0 Å². The summed E-state index contributed by atoms with van der Waals surface area (Å²) in [5, 5.41) is 3.35. The number of nitrogens with zero attached hydrogens (tertiary/aromatic N) is 3. The van der Waals surface area contributed by atoms with Crippen molar-refractivity contribution in [2.45, 2.75) is 20.3 Å². The average molecular weight is 238 g/mol. The van der Waals surface area contributed by atoms with Crippen molar-refractivity contribution in [2.24, 2.45) is 0 Å². The minimum absolute atomic E-state index is 0.623. The highest BCUT2D eigenvalue weighted by Gasteiger charge is 2.04. The number of hydrogen-bond acceptors (Lipinski definition) is 5. The summed E-state index contributed by atoms with van der Waals surface area (Å²) in [6.07, 6.45) is 2.88. The van der Waals surface area contributed by atoms with Gasteiger partial charge in [-0.2, -0.15) is 4.98 Å². The maximum atomic E-state index is 5.35. The first-order valence-corrected chi connectivity index (χ1v) is 6.15. The molecule has 1 heterocycles. The molecule has 0 saturated carbocycles. The summed E-state index contributed by atoms with van der Waals surface area (Å²) in [6.45, 7) is 7.60. The van der Waals surface area contributed by atoms with Crippen LogP contribution in [0.5, 0.6) is 5.88 Å². The van der Waals surface area contributed by atoms with Crippen molar-refractivity contribution in [3.05, 3.63) is 12.3 Å². The van der Waals surface area contributed by atoms with Crippen molar-refractivity contribution in [3.8, 4) is 5.88 Å². The van der Waals surface area contributed by atoms with E-state index in [2.05, 4.69) is 22.2 Å². The van der Waals surface area contributed by atoms with E-state index in [0.717, 1.165) is 26.1 Å². The summed E-state index contributed by atoms with van der Waals surface area (Å²) in [5.74, 6) is 1.33. The van der Waals surface area contributed by atoms with Gasteiger partial charge in [-0.3, -0.25) is 0 Å². The first-order chi connectivity index (χ1) is 8.27. The molecule has 0 spiro atoms. The standard InChI is InChI=1S/C12H22N4O/c1-4-7-13-9-10-16(3)12-14-8-6-11(15-12)17-5-2/h6,8,13H,4-5,7,9-10H2,1-3H3. The van der Waals surface area contributed by atoms with Gasteiger partial charge < -0.3 is 15.0 Å². The Kier molecular flexibility index (Phi) is 6.32. The lowest BCUT2D eigenvalue weighted by Crippen LogP contribution is -2.30. The highest BCUT2D eigenvalue weighted by atomic mass is 16.5. The van der Waals surface area contributed by atoms with Crippen LogP contribution < -0.4 is 15.0 Å². The van der Waals surface area contributed by atoms with Crippen LogP contribution in [-0.4, -0.2) is 43.3 Å². The molecule has 0 bridgehead atoms. The molecule has 1 N–H and O–H groups in total. The lowest BCUT2D eigenvalue weighted by molar-refractivity contribution is 0.326. The van der Waals surface area contributed by atoms with Crippen molar-refractivity contribution < 1.29 is 4.74 Å². The van der Waals surface area contributed by atoms with Crippen LogP contribution in [0.4, 0.5) is 5.95 Å². The van der Waals surface area contributed by atoms with Gasteiger partial charge in [0, 0.05) is 32.4 Å². The van der Waals surface area contributed by atoms with Gasteiger partial charge in [0.15, 0.2) is 0 Å². The third kappa shape index (κ3) is 4.99. The van der Waals surface area contributed by atoms with Gasteiger partial charge in [-0.15, -0.1) is 0 Å². The molecule has 0 radical (unpaired) electrons. The van der Waals surface area contributed by atoms with E-state index >= 15 is 0 Å². The Labute approximate surface area is 103 Å². The van der Waals surface area contributed by atoms with Crippen LogP contribution in [-0.2, 0) is 0 Å². The number of rotatable bonds is 8. The lowest BCUT2D eigenvalue weighted by atomic mass is 10.4. The first kappa shape index (κ1) is 13.7. The van der Waals surface area contributed by atoms with E-state index in [0.29, 0.717) is 18.4 Å². The van der Waals surface area contributed by atoms with E-state index in [1.165, 1.54) is 0 Å². The van der Waals surface area contributed by atoms with Crippen LogP contribution >= 0.6 is 0 Å². The van der Waals surface area contributed by atoms with Crippen molar-refractivity contribution in [1.82, 2.24) is 15.3 Å². The van der Waals surface area contributed by atoms with E-state index in [1.807, 2.05) is 18.9 Å². The highest BCUT2D eigenvalue weighted by molar-refractivity contribution is 5.30. The van der Waals surface area contributed by atoms with Gasteiger partial charge in [0.2, 0.25) is 11.8 Å². The molecule has 96 valence electrons. The predicted octanol–water partition coefficient (Wildman–Crippen LogP) is 1.31. The van der Waals surface area contributed by atoms with Gasteiger partial charge in [-0.25, -0.2) is 4.98 Å². The largest absolute Gasteiger partial charge is 0.478 e. The number of hydrogen-bond donors (Lipinski definition) is 1. The molecule has 1 rings (SSSR count). The number of ether oxygens (including phenoxy) is 1. The number of likely N-dealkylation sites (N-methyl/N-ethyl adjacent to an activating group) is 1. The monoisotopic (exact) mass is 238 g/mol. The average Bonchev–Trinajstić information content (AvgIpc) is 2.35. The normalized spacial score (nSPS) is 10.3. The van der Waals surface area contributed by atoms with Crippen molar-refractivity contribution in [2.75, 3.05) is 38.2 Å². The van der Waals surface area contributed by atoms with Crippen molar-refractivity contribution in [3.63, 3.8) is 0 Å². The van der Waals surface area contributed by atoms with Crippen LogP contribution in [0, 0.1) is 0 Å². The maximum absolute atomic E-state index is 5.35. The van der Waals surface area contributed by atoms with Gasteiger partial charge in [0.1, 0.15) is 0 Å². The molecule has 0 saturated heterocycles. The Morgan fingerprint density at radius 2 is 2.18 bits per heavy atom. The minimum atomic E-state index is 0.623. The van der Waals surface area contributed by atoms with E-state index in [4.69, 9.17) is 4.74 Å². The third-order valence-electron chi connectivity index (χ3n) is 2.30. The second-order valence-corrected chi connectivity index (χ2v) is 3.80. The van der Waals surface area contributed by atoms with Gasteiger partial charge in [0.05, 0.1) is 6.61 Å². The summed E-state index contributed by atoms with van der Waals surface area (Å²) >= 11 is 0. The fourth-order valence-electron chi connectivity index (χ4n) is 1.39. The summed E-state index contributed by atoms with van der Waals surface area (Å²) in [7, 11) is 1.98. The van der Waals surface area contributed by atoms with E-state index in [9.17, 15) is 0 Å². The molecule has 17 heavy (non-hydrogen) atoms. The number of anilines is 1. The van der Waals surface area contributed by atoms with Gasteiger partial charge >= 0.3 is 0 Å². The Bertz CT molecular complexity index is 319. The Hall–Kier alpha value is -1.36. The van der Waals surface area contributed by atoms with Crippen LogP contribution in [0.2, 0.25) is 0 Å². The molecule has 0 amide bonds. The molecule has 0 aliphatic heterocycles. The van der Waals surface area contributed by atoms with E-state index < -0.39 is 0 Å². The molecule has 0 aromatic carbocycles. The zero-order chi connectivity index (χ0) is 12.5. The molecule has 5 nitrogen and oxygen atoms in total. The smallest absolute Gasteiger partial charge is 0.228 e. The maximum Gasteiger partial charge on any atom is 0.228 e. The molecule has 0 aliphatic carbocycles. The summed E-state index contributed by atoms with van der Waals surface area (Å²) in [4.78, 5) is 10.6. The molecule has 0 unspecified atom stereocenters. The quantitative estimate of drug-likeness (QED) is 0.692. The van der Waals surface area contributed by atoms with Gasteiger partial charge in [-0.1, -0.05) is 6.92 Å². The fourth-order valence-corrected chi connectivity index (χ4v) is 1.39. The van der Waals surface area contributed by atoms with Gasteiger partial charge in [-0.05, 0) is 19.9 Å². The summed E-state index contributed by atoms with van der Waals surface area (Å²) in [6, 6.07) is 1.77. The molecular formula is C12H22N4O. The second kappa shape index (κ2) is 7.84. The van der Waals surface area contributed by atoms with Crippen molar-refractivity contribution >= 4 is 5.95 Å². The zero-order valence-corrected chi connectivity index (χ0v) is 10.9. The molecule has 5 heteroatoms. The third-order valence-corrected chi connectivity index (χ3v) is 2.30. The Morgan fingerprint density at radius 1 is 1.35 bits per heavy atom. The Balaban J connectivity index is 2.44. The highest BCUT2D eigenvalue weighted by Crippen LogP contribution is 2.10. The van der Waals surface area contributed by atoms with Crippen LogP contribution in [0.15, 0.2) is 12.3 Å². The van der Waals surface area contributed by atoms with Gasteiger partial charge in [0.25, 0.3) is 0 Å². The molecule has 1 aromatic rings. The minimum Gasteiger partial charge on any atom is -0.478 e. The molecule has 0 aliphatic rings. The second-order valence-electron chi connectivity index (χ2n) is 3.80. The SMILES string of the molecule is CCCNCCN(C)c1nccc(OCC)n1. The zero-order valence-electron chi connectivity index (χ0n) is 10.9. The van der Waals surface area contributed by atoms with Crippen LogP contribution in [0.25, 0.3) is 0 Å². The molecule has 1 aromatic heterocycles. The number of aromatic nitrogens is 2. The fraction of sp³-hybridized carbons (Fsp3) is 0.667. The molecular weight excluding hydrogens is 216 g/mol. The molecule has 0 atom stereocenters. The molecule has 0 fully saturated rings. The summed E-state index contributed by atoms with van der Waals surface area (Å²) in [5.41, 5.74) is 0. The number of nitrogens with one attached hydrogen (secondary N) is 1.